The van der Waals surface area contributed by atoms with Crippen molar-refractivity contribution in [3.8, 4) is 11.1 Å². The van der Waals surface area contributed by atoms with Crippen LogP contribution in [0.5, 0.6) is 0 Å². The molecule has 2 aromatic carbocycles. The fourth-order valence-corrected chi connectivity index (χ4v) is 4.18. The van der Waals surface area contributed by atoms with Gasteiger partial charge in [-0.05, 0) is 61.7 Å². The first-order valence-corrected chi connectivity index (χ1v) is 10.4. The molecule has 5 nitrogen and oxygen atoms in total. The van der Waals surface area contributed by atoms with Crippen LogP contribution in [0, 0.1) is 12.7 Å². The maximum absolute atomic E-state index is 13.8. The van der Waals surface area contributed by atoms with Crippen LogP contribution in [0.2, 0.25) is 0 Å². The summed E-state index contributed by atoms with van der Waals surface area (Å²) in [7, 11) is 1.27. The van der Waals surface area contributed by atoms with E-state index < -0.39 is 28.9 Å². The van der Waals surface area contributed by atoms with Gasteiger partial charge in [-0.2, -0.15) is 18.3 Å². The molecule has 0 aliphatic carbocycles. The van der Waals surface area contributed by atoms with Crippen LogP contribution < -0.4 is 0 Å². The maximum atomic E-state index is 13.8. The van der Waals surface area contributed by atoms with Gasteiger partial charge in [0.15, 0.2) is 5.65 Å². The number of hydrogen-bond donors (Lipinski definition) is 0. The predicted molar refractivity (Wildman–Crippen MR) is 118 cm³/mol. The molecule has 0 radical (unpaired) electrons. The molecule has 4 aromatic rings. The molecule has 0 N–H and O–H groups in total. The molecule has 0 spiro atoms. The van der Waals surface area contributed by atoms with Crippen molar-refractivity contribution < 1.29 is 27.1 Å². The summed E-state index contributed by atoms with van der Waals surface area (Å²) in [4.78, 5) is 17.4. The number of ether oxygens (including phenoxy) is 1. The Morgan fingerprint density at radius 3 is 2.41 bits per heavy atom. The fourth-order valence-electron chi connectivity index (χ4n) is 4.18. The third-order valence-electron chi connectivity index (χ3n) is 5.84. The highest BCUT2D eigenvalue weighted by Crippen LogP contribution is 2.35. The van der Waals surface area contributed by atoms with Crippen molar-refractivity contribution in [3.05, 3.63) is 89.1 Å². The van der Waals surface area contributed by atoms with E-state index in [1.165, 1.54) is 42.1 Å². The van der Waals surface area contributed by atoms with E-state index in [9.17, 15) is 22.4 Å². The number of aromatic nitrogens is 3. The fraction of sp³-hybridized carbons (Fsp3) is 0.240. The molecule has 0 saturated carbocycles. The van der Waals surface area contributed by atoms with Crippen molar-refractivity contribution >= 4 is 11.6 Å². The van der Waals surface area contributed by atoms with E-state index >= 15 is 0 Å². The summed E-state index contributed by atoms with van der Waals surface area (Å²) in [5.74, 6) is -0.974. The van der Waals surface area contributed by atoms with Gasteiger partial charge in [0.1, 0.15) is 11.2 Å². The van der Waals surface area contributed by atoms with E-state index in [1.807, 2.05) is 0 Å². The van der Waals surface area contributed by atoms with Gasteiger partial charge in [-0.3, -0.25) is 4.79 Å². The average molecular weight is 471 g/mol. The number of halogens is 4. The largest absolute Gasteiger partial charge is 0.468 e. The normalized spacial score (nSPS) is 13.6. The minimum absolute atomic E-state index is 0.130. The number of rotatable bonds is 5. The SMILES string of the molecule is COC(=O)C(C)(Cc1cccc(F)c1)c1ccnc2c(-c3ccc(C(F)(F)F)cc3)c(C)nn12. The molecule has 4 rings (SSSR count). The van der Waals surface area contributed by atoms with Gasteiger partial charge >= 0.3 is 12.1 Å². The lowest BCUT2D eigenvalue weighted by atomic mass is 9.80. The van der Waals surface area contributed by atoms with Gasteiger partial charge in [-0.15, -0.1) is 0 Å². The highest BCUT2D eigenvalue weighted by Gasteiger charge is 2.40. The molecule has 0 fully saturated rings. The van der Waals surface area contributed by atoms with Crippen molar-refractivity contribution in [2.75, 3.05) is 7.11 Å². The number of carbonyl (C=O) groups is 1. The molecule has 0 amide bonds. The van der Waals surface area contributed by atoms with Crippen molar-refractivity contribution in [1.29, 1.82) is 0 Å². The van der Waals surface area contributed by atoms with E-state index in [2.05, 4.69) is 10.1 Å². The number of nitrogens with zero attached hydrogens (tertiary/aromatic N) is 3. The van der Waals surface area contributed by atoms with Gasteiger partial charge in [0.25, 0.3) is 0 Å². The Labute approximate surface area is 193 Å². The summed E-state index contributed by atoms with van der Waals surface area (Å²) < 4.78 is 59.4. The summed E-state index contributed by atoms with van der Waals surface area (Å²) in [5.41, 5.74) is 0.997. The summed E-state index contributed by atoms with van der Waals surface area (Å²) in [6.07, 6.45) is -2.81. The van der Waals surface area contributed by atoms with Gasteiger partial charge in [-0.1, -0.05) is 24.3 Å². The standard InChI is InChI=1S/C25H21F4N3O2/c1-15-21(17-7-9-18(10-8-17)25(27,28)29)22-30-12-11-20(32(22)31-15)24(2,23(33)34-3)14-16-5-4-6-19(26)13-16/h4-13H,14H2,1-3H3. The molecule has 0 aliphatic heterocycles. The number of methoxy groups -OCH3 is 1. The first kappa shape index (κ1) is 23.4. The molecule has 0 bridgehead atoms. The lowest BCUT2D eigenvalue weighted by Crippen LogP contribution is -2.38. The van der Waals surface area contributed by atoms with Crippen molar-refractivity contribution in [2.24, 2.45) is 0 Å². The molecule has 34 heavy (non-hydrogen) atoms. The van der Waals surface area contributed by atoms with Crippen LogP contribution in [-0.2, 0) is 27.5 Å². The molecule has 176 valence electrons. The number of esters is 1. The number of fused-ring (bicyclic) bond motifs is 1. The van der Waals surface area contributed by atoms with Crippen molar-refractivity contribution in [1.82, 2.24) is 14.6 Å². The zero-order valence-corrected chi connectivity index (χ0v) is 18.7. The summed E-state index contributed by atoms with van der Waals surface area (Å²) in [6.45, 7) is 3.39. The number of benzene rings is 2. The highest BCUT2D eigenvalue weighted by atomic mass is 19.4. The first-order valence-electron chi connectivity index (χ1n) is 10.4. The lowest BCUT2D eigenvalue weighted by Gasteiger charge is -2.27. The van der Waals surface area contributed by atoms with Gasteiger partial charge in [-0.25, -0.2) is 13.9 Å². The Morgan fingerprint density at radius 2 is 1.79 bits per heavy atom. The van der Waals surface area contributed by atoms with Crippen LogP contribution in [0.15, 0.2) is 60.8 Å². The monoisotopic (exact) mass is 471 g/mol. The lowest BCUT2D eigenvalue weighted by molar-refractivity contribution is -0.147. The Bertz CT molecular complexity index is 1360. The second-order valence-corrected chi connectivity index (χ2v) is 8.23. The third kappa shape index (κ3) is 4.13. The van der Waals surface area contributed by atoms with Crippen LogP contribution in [0.1, 0.15) is 29.4 Å². The minimum atomic E-state index is -4.45. The van der Waals surface area contributed by atoms with E-state index in [0.717, 1.165) is 12.1 Å². The minimum Gasteiger partial charge on any atom is -0.468 e. The molecule has 0 saturated heterocycles. The Morgan fingerprint density at radius 1 is 1.09 bits per heavy atom. The Balaban J connectivity index is 1.87. The number of hydrogen-bond acceptors (Lipinski definition) is 4. The number of aryl methyl sites for hydroxylation is 1. The van der Waals surface area contributed by atoms with Crippen molar-refractivity contribution in [2.45, 2.75) is 31.9 Å². The van der Waals surface area contributed by atoms with E-state index in [1.54, 1.807) is 32.0 Å². The maximum Gasteiger partial charge on any atom is 0.416 e. The molecule has 0 aliphatic rings. The van der Waals surface area contributed by atoms with E-state index in [-0.39, 0.29) is 6.42 Å². The van der Waals surface area contributed by atoms with Crippen LogP contribution >= 0.6 is 0 Å². The van der Waals surface area contributed by atoms with Gasteiger partial charge < -0.3 is 4.74 Å². The van der Waals surface area contributed by atoms with Crippen LogP contribution in [0.3, 0.4) is 0 Å². The van der Waals surface area contributed by atoms with Gasteiger partial charge in [0, 0.05) is 11.8 Å². The van der Waals surface area contributed by atoms with E-state index in [4.69, 9.17) is 4.74 Å². The molecular weight excluding hydrogens is 450 g/mol. The predicted octanol–water partition coefficient (Wildman–Crippen LogP) is 5.54. The molecule has 1 atom stereocenters. The second kappa shape index (κ2) is 8.55. The molecule has 2 heterocycles. The quantitative estimate of drug-likeness (QED) is 0.284. The van der Waals surface area contributed by atoms with Crippen LogP contribution in [-0.4, -0.2) is 27.7 Å². The second-order valence-electron chi connectivity index (χ2n) is 8.23. The summed E-state index contributed by atoms with van der Waals surface area (Å²) in [5, 5.41) is 4.55. The molecule has 9 heteroatoms. The third-order valence-corrected chi connectivity index (χ3v) is 5.84. The highest BCUT2D eigenvalue weighted by molar-refractivity contribution is 5.84. The topological polar surface area (TPSA) is 56.5 Å². The zero-order chi connectivity index (χ0) is 24.7. The summed E-state index contributed by atoms with van der Waals surface area (Å²) in [6, 6.07) is 12.3. The van der Waals surface area contributed by atoms with E-state index in [0.29, 0.717) is 33.7 Å². The Hall–Kier alpha value is -3.75. The number of carbonyl (C=O) groups excluding carboxylic acids is 1. The smallest absolute Gasteiger partial charge is 0.416 e. The average Bonchev–Trinajstić information content (AvgIpc) is 3.13. The number of alkyl halides is 3. The van der Waals surface area contributed by atoms with Crippen LogP contribution in [0.25, 0.3) is 16.8 Å². The molecule has 1 unspecified atom stereocenters. The van der Waals surface area contributed by atoms with Crippen LogP contribution in [0.4, 0.5) is 17.6 Å². The zero-order valence-electron chi connectivity index (χ0n) is 18.7. The summed E-state index contributed by atoms with van der Waals surface area (Å²) >= 11 is 0. The van der Waals surface area contributed by atoms with Crippen molar-refractivity contribution in [3.63, 3.8) is 0 Å². The first-order chi connectivity index (χ1) is 16.0. The molecule has 2 aromatic heterocycles. The van der Waals surface area contributed by atoms with Gasteiger partial charge in [0.05, 0.1) is 24.1 Å². The van der Waals surface area contributed by atoms with Gasteiger partial charge in [0.2, 0.25) is 0 Å². The molecular formula is C25H21F4N3O2. The Kier molecular flexibility index (Phi) is 5.89.